The lowest BCUT2D eigenvalue weighted by molar-refractivity contribution is -0.123. The Morgan fingerprint density at radius 3 is 2.86 bits per heavy atom. The number of aromatic nitrogens is 2. The fourth-order valence-corrected chi connectivity index (χ4v) is 3.31. The van der Waals surface area contributed by atoms with E-state index in [1.54, 1.807) is 23.7 Å². The zero-order valence-corrected chi connectivity index (χ0v) is 13.4. The number of hydrazine groups is 1. The number of rotatable bonds is 4. The maximum atomic E-state index is 12.2. The van der Waals surface area contributed by atoms with Crippen LogP contribution in [0.15, 0.2) is 24.5 Å². The van der Waals surface area contributed by atoms with Crippen molar-refractivity contribution in [2.75, 3.05) is 0 Å². The summed E-state index contributed by atoms with van der Waals surface area (Å²) in [4.78, 5) is 23.1. The van der Waals surface area contributed by atoms with Crippen LogP contribution in [0.5, 0.6) is 0 Å². The number of hydrogen-bond acceptors (Lipinski definition) is 6. The molecule has 2 aromatic rings. The standard InChI is InChI=1S/C15H19N5OS/c1-9-6-17-11(7-16-9)8-18-15(21)13-5-12(19-20-13)14-4-3-10(2)22-14/h3-4,6-7,12-13,19-20H,5,8H2,1-2H3,(H,18,21). The lowest BCUT2D eigenvalue weighted by Gasteiger charge is -2.10. The predicted octanol–water partition coefficient (Wildman–Crippen LogP) is 1.38. The van der Waals surface area contributed by atoms with Crippen LogP contribution >= 0.6 is 11.3 Å². The van der Waals surface area contributed by atoms with Gasteiger partial charge in [-0.3, -0.25) is 14.8 Å². The third-order valence-corrected chi connectivity index (χ3v) is 4.72. The molecule has 2 unspecified atom stereocenters. The van der Waals surface area contributed by atoms with E-state index < -0.39 is 0 Å². The summed E-state index contributed by atoms with van der Waals surface area (Å²) in [5, 5.41) is 2.90. The third kappa shape index (κ3) is 3.49. The molecule has 0 saturated carbocycles. The molecule has 1 amide bonds. The molecule has 2 atom stereocenters. The first-order valence-electron chi connectivity index (χ1n) is 7.24. The van der Waals surface area contributed by atoms with Crippen LogP contribution in [0.3, 0.4) is 0 Å². The molecule has 0 spiro atoms. The van der Waals surface area contributed by atoms with Crippen molar-refractivity contribution in [3.63, 3.8) is 0 Å². The highest BCUT2D eigenvalue weighted by Gasteiger charge is 2.30. The van der Waals surface area contributed by atoms with Gasteiger partial charge in [-0.05, 0) is 32.4 Å². The molecule has 116 valence electrons. The van der Waals surface area contributed by atoms with Crippen LogP contribution in [-0.2, 0) is 11.3 Å². The molecule has 1 aliphatic heterocycles. The van der Waals surface area contributed by atoms with Crippen LogP contribution < -0.4 is 16.2 Å². The van der Waals surface area contributed by atoms with Gasteiger partial charge in [0, 0.05) is 16.0 Å². The molecular weight excluding hydrogens is 298 g/mol. The lowest BCUT2D eigenvalue weighted by Crippen LogP contribution is -2.42. The van der Waals surface area contributed by atoms with Gasteiger partial charge in [-0.1, -0.05) is 0 Å². The van der Waals surface area contributed by atoms with Gasteiger partial charge in [0.15, 0.2) is 0 Å². The summed E-state index contributed by atoms with van der Waals surface area (Å²) in [7, 11) is 0. The molecule has 3 heterocycles. The van der Waals surface area contributed by atoms with E-state index in [0.29, 0.717) is 6.54 Å². The van der Waals surface area contributed by atoms with E-state index >= 15 is 0 Å². The number of carbonyl (C=O) groups excluding carboxylic acids is 1. The van der Waals surface area contributed by atoms with Crippen molar-refractivity contribution in [2.45, 2.75) is 38.9 Å². The molecule has 0 aromatic carbocycles. The molecule has 1 aliphatic rings. The Balaban J connectivity index is 1.52. The Labute approximate surface area is 133 Å². The Bertz CT molecular complexity index is 654. The average Bonchev–Trinajstić information content (AvgIpc) is 3.15. The highest BCUT2D eigenvalue weighted by molar-refractivity contribution is 7.12. The van der Waals surface area contributed by atoms with Gasteiger partial charge in [0.2, 0.25) is 5.91 Å². The molecule has 1 fully saturated rings. The zero-order valence-electron chi connectivity index (χ0n) is 12.6. The molecule has 22 heavy (non-hydrogen) atoms. The van der Waals surface area contributed by atoms with Crippen LogP contribution in [0, 0.1) is 13.8 Å². The first kappa shape index (κ1) is 15.1. The topological polar surface area (TPSA) is 78.9 Å². The fourth-order valence-electron chi connectivity index (χ4n) is 2.37. The summed E-state index contributed by atoms with van der Waals surface area (Å²) in [6, 6.07) is 4.17. The van der Waals surface area contributed by atoms with Crippen molar-refractivity contribution < 1.29 is 4.79 Å². The molecule has 0 bridgehead atoms. The number of aryl methyl sites for hydroxylation is 2. The van der Waals surface area contributed by atoms with Gasteiger partial charge >= 0.3 is 0 Å². The summed E-state index contributed by atoms with van der Waals surface area (Å²) in [5.74, 6) is -0.0225. The van der Waals surface area contributed by atoms with E-state index in [0.717, 1.165) is 17.8 Å². The van der Waals surface area contributed by atoms with Gasteiger partial charge < -0.3 is 5.32 Å². The third-order valence-electron chi connectivity index (χ3n) is 3.60. The minimum absolute atomic E-state index is 0.0225. The average molecular weight is 317 g/mol. The molecule has 2 aromatic heterocycles. The Kier molecular flexibility index (Phi) is 4.47. The lowest BCUT2D eigenvalue weighted by atomic mass is 10.1. The molecule has 6 nitrogen and oxygen atoms in total. The van der Waals surface area contributed by atoms with E-state index in [2.05, 4.69) is 45.2 Å². The summed E-state index contributed by atoms with van der Waals surface area (Å²) in [6.45, 7) is 4.37. The van der Waals surface area contributed by atoms with Gasteiger partial charge in [0.05, 0.1) is 30.2 Å². The van der Waals surface area contributed by atoms with Crippen molar-refractivity contribution in [1.29, 1.82) is 0 Å². The minimum Gasteiger partial charge on any atom is -0.349 e. The van der Waals surface area contributed by atoms with E-state index in [4.69, 9.17) is 0 Å². The number of carbonyl (C=O) groups is 1. The number of amides is 1. The van der Waals surface area contributed by atoms with Gasteiger partial charge in [-0.2, -0.15) is 0 Å². The van der Waals surface area contributed by atoms with Crippen LogP contribution in [0.1, 0.15) is 33.6 Å². The molecule has 1 saturated heterocycles. The van der Waals surface area contributed by atoms with Crippen molar-refractivity contribution in [3.05, 3.63) is 45.7 Å². The number of thiophene rings is 1. The second kappa shape index (κ2) is 6.51. The first-order valence-corrected chi connectivity index (χ1v) is 8.06. The van der Waals surface area contributed by atoms with Gasteiger partial charge in [0.1, 0.15) is 6.04 Å². The van der Waals surface area contributed by atoms with Crippen LogP contribution in [-0.4, -0.2) is 21.9 Å². The second-order valence-corrected chi connectivity index (χ2v) is 6.76. The normalized spacial score (nSPS) is 21.0. The number of nitrogens with zero attached hydrogens (tertiary/aromatic N) is 2. The van der Waals surface area contributed by atoms with Crippen molar-refractivity contribution in [1.82, 2.24) is 26.1 Å². The predicted molar refractivity (Wildman–Crippen MR) is 85.1 cm³/mol. The van der Waals surface area contributed by atoms with E-state index in [9.17, 15) is 4.79 Å². The molecule has 0 aliphatic carbocycles. The SMILES string of the molecule is Cc1cnc(CNC(=O)C2CC(c3ccc(C)s3)NN2)cn1. The van der Waals surface area contributed by atoms with E-state index in [1.165, 1.54) is 9.75 Å². The summed E-state index contributed by atoms with van der Waals surface area (Å²) >= 11 is 1.76. The van der Waals surface area contributed by atoms with Crippen LogP contribution in [0.4, 0.5) is 0 Å². The van der Waals surface area contributed by atoms with Crippen molar-refractivity contribution in [3.8, 4) is 0 Å². The highest BCUT2D eigenvalue weighted by atomic mass is 32.1. The molecule has 3 rings (SSSR count). The first-order chi connectivity index (χ1) is 10.6. The van der Waals surface area contributed by atoms with Crippen LogP contribution in [0.25, 0.3) is 0 Å². The molecule has 7 heteroatoms. The Morgan fingerprint density at radius 2 is 2.18 bits per heavy atom. The summed E-state index contributed by atoms with van der Waals surface area (Å²) < 4.78 is 0. The quantitative estimate of drug-likeness (QED) is 0.794. The number of hydrogen-bond donors (Lipinski definition) is 3. The minimum atomic E-state index is -0.231. The maximum Gasteiger partial charge on any atom is 0.238 e. The highest BCUT2D eigenvalue weighted by Crippen LogP contribution is 2.28. The van der Waals surface area contributed by atoms with Gasteiger partial charge in [-0.25, -0.2) is 10.9 Å². The number of nitrogens with one attached hydrogen (secondary N) is 3. The molecule has 0 radical (unpaired) electrons. The van der Waals surface area contributed by atoms with E-state index in [1.807, 2.05) is 6.92 Å². The van der Waals surface area contributed by atoms with Gasteiger partial charge in [-0.15, -0.1) is 11.3 Å². The van der Waals surface area contributed by atoms with Gasteiger partial charge in [0.25, 0.3) is 0 Å². The molecule has 3 N–H and O–H groups in total. The Hall–Kier alpha value is -1.83. The van der Waals surface area contributed by atoms with E-state index in [-0.39, 0.29) is 18.0 Å². The molecular formula is C15H19N5OS. The summed E-state index contributed by atoms with van der Waals surface area (Å²) in [5.41, 5.74) is 7.89. The Morgan fingerprint density at radius 1 is 1.32 bits per heavy atom. The fraction of sp³-hybridized carbons (Fsp3) is 0.400. The second-order valence-electron chi connectivity index (χ2n) is 5.44. The zero-order chi connectivity index (χ0) is 15.5. The monoisotopic (exact) mass is 317 g/mol. The smallest absolute Gasteiger partial charge is 0.238 e. The van der Waals surface area contributed by atoms with Crippen molar-refractivity contribution >= 4 is 17.2 Å². The van der Waals surface area contributed by atoms with Crippen molar-refractivity contribution in [2.24, 2.45) is 0 Å². The largest absolute Gasteiger partial charge is 0.349 e. The maximum absolute atomic E-state index is 12.2. The van der Waals surface area contributed by atoms with Crippen LogP contribution in [0.2, 0.25) is 0 Å². The summed E-state index contributed by atoms with van der Waals surface area (Å²) in [6.07, 6.45) is 4.13.